The molecule has 396 valence electrons. The third-order valence-electron chi connectivity index (χ3n) is 13.2. The van der Waals surface area contributed by atoms with Crippen molar-refractivity contribution in [2.24, 2.45) is 0 Å². The van der Waals surface area contributed by atoms with E-state index in [2.05, 4.69) is 5.32 Å². The van der Waals surface area contributed by atoms with Gasteiger partial charge in [0.05, 0.1) is 51.7 Å². The zero-order valence-corrected chi connectivity index (χ0v) is 35.6. The van der Waals surface area contributed by atoms with Crippen molar-refractivity contribution in [1.29, 1.82) is 0 Å². The SMILES string of the molecule is O=CC(O)C(O)C(OC1OC(CO)C(OC2OC(CO)C(OC3OC(CO)C(OC4OC(CO)C(NC5C(O)C(O)C(O)C6(CO)OC56)C(O)C4O)C(O)C3O)C(O)C2O)C(O)C1O)C(O)CO. The molecule has 6 fully saturated rings. The second kappa shape index (κ2) is 23.1. The van der Waals surface area contributed by atoms with Crippen LogP contribution in [0.15, 0.2) is 0 Å². The summed E-state index contributed by atoms with van der Waals surface area (Å²) in [6.07, 6.45) is -51.9. The molecule has 6 rings (SSSR count). The molecule has 0 aromatic rings. The molecule has 21 N–H and O–H groups in total. The van der Waals surface area contributed by atoms with Crippen LogP contribution < -0.4 is 5.32 Å². The lowest BCUT2D eigenvalue weighted by Gasteiger charge is -2.49. The molecule has 30 unspecified atom stereocenters. The summed E-state index contributed by atoms with van der Waals surface area (Å²) in [5, 5.41) is 213. The maximum Gasteiger partial charge on any atom is 0.187 e. The molecule has 0 amide bonds. The number of epoxide rings is 1. The number of aliphatic hydroxyl groups excluding tert-OH is 20. The normalized spacial score (nSPS) is 50.4. The van der Waals surface area contributed by atoms with Crippen LogP contribution in [0.2, 0.25) is 0 Å². The summed E-state index contributed by atoms with van der Waals surface area (Å²) in [5.41, 5.74) is -1.65. The number of fused-ring (bicyclic) bond motifs is 1. The molecule has 5 saturated heterocycles. The van der Waals surface area contributed by atoms with Gasteiger partial charge in [0.2, 0.25) is 0 Å². The Kier molecular flexibility index (Phi) is 19.0. The van der Waals surface area contributed by atoms with Gasteiger partial charge in [-0.3, -0.25) is 0 Å². The Bertz CT molecular complexity index is 1590. The van der Waals surface area contributed by atoms with Gasteiger partial charge in [-0.15, -0.1) is 0 Å². The quantitative estimate of drug-likeness (QED) is 0.0398. The first-order valence-electron chi connectivity index (χ1n) is 21.5. The van der Waals surface area contributed by atoms with Gasteiger partial charge in [-0.25, -0.2) is 0 Å². The van der Waals surface area contributed by atoms with Crippen molar-refractivity contribution in [3.8, 4) is 0 Å². The minimum Gasteiger partial charge on any atom is -0.394 e. The average molecular weight is 1000 g/mol. The van der Waals surface area contributed by atoms with E-state index >= 15 is 0 Å². The summed E-state index contributed by atoms with van der Waals surface area (Å²) < 4.78 is 50.0. The second-order valence-corrected chi connectivity index (χ2v) is 17.4. The number of hydrogen-bond donors (Lipinski definition) is 21. The zero-order valence-electron chi connectivity index (χ0n) is 35.6. The topological polar surface area (TPSA) is 520 Å². The van der Waals surface area contributed by atoms with Gasteiger partial charge in [0, 0.05) is 0 Å². The maximum atomic E-state index is 11.2. The Labute approximate surface area is 383 Å². The highest BCUT2D eigenvalue weighted by Crippen LogP contribution is 2.48. The van der Waals surface area contributed by atoms with E-state index in [1.807, 2.05) is 0 Å². The van der Waals surface area contributed by atoms with E-state index in [0.29, 0.717) is 0 Å². The minimum absolute atomic E-state index is 0.121. The van der Waals surface area contributed by atoms with Gasteiger partial charge in [-0.1, -0.05) is 0 Å². The van der Waals surface area contributed by atoms with Crippen LogP contribution in [0.25, 0.3) is 0 Å². The van der Waals surface area contributed by atoms with Crippen LogP contribution in [-0.4, -0.2) is 331 Å². The second-order valence-electron chi connectivity index (χ2n) is 17.4. The summed E-state index contributed by atoms with van der Waals surface area (Å²) in [6, 6.07) is -2.73. The Morgan fingerprint density at radius 1 is 0.515 bits per heavy atom. The van der Waals surface area contributed by atoms with Crippen LogP contribution in [0.4, 0.5) is 0 Å². The molecule has 0 spiro atoms. The number of aliphatic hydroxyl groups is 20. The molecule has 68 heavy (non-hydrogen) atoms. The average Bonchev–Trinajstić information content (AvgIpc) is 4.09. The lowest BCUT2D eigenvalue weighted by molar-refractivity contribution is -0.389. The van der Waals surface area contributed by atoms with Crippen LogP contribution in [0.3, 0.4) is 0 Å². The number of carbonyl (C=O) groups is 1. The van der Waals surface area contributed by atoms with Gasteiger partial charge in [0.25, 0.3) is 0 Å². The number of ether oxygens (including phenoxy) is 9. The molecule has 5 aliphatic heterocycles. The number of aldehydes is 1. The maximum absolute atomic E-state index is 11.2. The van der Waals surface area contributed by atoms with Crippen molar-refractivity contribution < 1.29 is 150 Å². The number of hydrogen-bond acceptors (Lipinski definition) is 31. The molecule has 0 aromatic heterocycles. The van der Waals surface area contributed by atoms with E-state index in [-0.39, 0.29) is 6.29 Å². The third kappa shape index (κ3) is 10.6. The minimum atomic E-state index is -2.20. The predicted octanol–water partition coefficient (Wildman–Crippen LogP) is -14.9. The van der Waals surface area contributed by atoms with Gasteiger partial charge in [0.15, 0.2) is 31.4 Å². The first-order chi connectivity index (χ1) is 32.2. The van der Waals surface area contributed by atoms with E-state index in [0.717, 1.165) is 0 Å². The van der Waals surface area contributed by atoms with Crippen molar-refractivity contribution in [3.63, 3.8) is 0 Å². The van der Waals surface area contributed by atoms with Crippen LogP contribution in [-0.2, 0) is 47.4 Å². The first kappa shape index (κ1) is 55.8. The highest BCUT2D eigenvalue weighted by Gasteiger charge is 2.72. The fraction of sp³-hybridized carbons (Fsp3) is 0.973. The van der Waals surface area contributed by atoms with Crippen molar-refractivity contribution in [1.82, 2.24) is 5.32 Å². The van der Waals surface area contributed by atoms with Gasteiger partial charge in [-0.2, -0.15) is 0 Å². The van der Waals surface area contributed by atoms with Crippen LogP contribution in [0.5, 0.6) is 0 Å². The third-order valence-corrected chi connectivity index (χ3v) is 13.2. The highest BCUT2D eigenvalue weighted by molar-refractivity contribution is 5.56. The van der Waals surface area contributed by atoms with Crippen LogP contribution >= 0.6 is 0 Å². The summed E-state index contributed by atoms with van der Waals surface area (Å²) >= 11 is 0. The van der Waals surface area contributed by atoms with Crippen molar-refractivity contribution in [2.75, 3.05) is 39.6 Å². The van der Waals surface area contributed by atoms with E-state index < -0.39 is 223 Å². The largest absolute Gasteiger partial charge is 0.394 e. The molecule has 0 aromatic carbocycles. The van der Waals surface area contributed by atoms with Crippen molar-refractivity contribution >= 4 is 6.29 Å². The Hall–Kier alpha value is -1.53. The fourth-order valence-electron chi connectivity index (χ4n) is 9.12. The molecule has 0 bridgehead atoms. The molecule has 1 aliphatic carbocycles. The smallest absolute Gasteiger partial charge is 0.187 e. The van der Waals surface area contributed by atoms with Crippen molar-refractivity contribution in [3.05, 3.63) is 0 Å². The van der Waals surface area contributed by atoms with Gasteiger partial charge in [0.1, 0.15) is 146 Å². The standard InChI is InChI=1S/C37H63NO30/c39-1-8(46)16(48)27(9(47)2-40)64-34-24(56)19(51)29(11(4-42)61-34)66-36-26(58)21(53)30(13(6-44)63-36)67-35-25(57)20(52)28(12(5-43)62-35)65-33-23(55)17(49)14(10(3-41)60-33)38-15-18(50)22(54)31(59)37(7-45)32(15)68-37/h1,8-36,38,40-59H,2-7H2. The van der Waals surface area contributed by atoms with Gasteiger partial charge >= 0.3 is 0 Å². The summed E-state index contributed by atoms with van der Waals surface area (Å²) in [7, 11) is 0. The first-order valence-corrected chi connectivity index (χ1v) is 21.5. The molecule has 30 atom stereocenters. The van der Waals surface area contributed by atoms with E-state index in [4.69, 9.17) is 42.6 Å². The zero-order chi connectivity index (χ0) is 50.3. The number of nitrogens with one attached hydrogen (secondary N) is 1. The molecule has 6 aliphatic rings. The lowest BCUT2D eigenvalue weighted by atomic mass is 9.79. The summed E-state index contributed by atoms with van der Waals surface area (Å²) in [6.45, 7) is -5.81. The number of carbonyl (C=O) groups excluding carboxylic acids is 1. The highest BCUT2D eigenvalue weighted by atomic mass is 16.8. The Morgan fingerprint density at radius 2 is 0.912 bits per heavy atom. The van der Waals surface area contributed by atoms with Crippen LogP contribution in [0, 0.1) is 0 Å². The fourth-order valence-corrected chi connectivity index (χ4v) is 9.12. The lowest BCUT2D eigenvalue weighted by Crippen LogP contribution is -2.71. The Balaban J connectivity index is 1.08. The molecule has 1 saturated carbocycles. The molecule has 5 heterocycles. The van der Waals surface area contributed by atoms with Crippen LogP contribution in [0.1, 0.15) is 0 Å². The summed E-state index contributed by atoms with van der Waals surface area (Å²) in [4.78, 5) is 11.0. The monoisotopic (exact) mass is 1000 g/mol. The van der Waals surface area contributed by atoms with E-state index in [1.54, 1.807) is 0 Å². The summed E-state index contributed by atoms with van der Waals surface area (Å²) in [5.74, 6) is 0. The molecular weight excluding hydrogens is 938 g/mol. The van der Waals surface area contributed by atoms with Gasteiger partial charge < -0.3 is 155 Å². The Morgan fingerprint density at radius 3 is 1.32 bits per heavy atom. The van der Waals surface area contributed by atoms with E-state index in [1.165, 1.54) is 0 Å². The predicted molar refractivity (Wildman–Crippen MR) is 205 cm³/mol. The number of rotatable bonds is 20. The molecule has 31 nitrogen and oxygen atoms in total. The van der Waals surface area contributed by atoms with Crippen molar-refractivity contribution in [2.45, 2.75) is 183 Å². The molecule has 0 radical (unpaired) electrons. The van der Waals surface area contributed by atoms with Gasteiger partial charge in [-0.05, 0) is 0 Å². The molecular formula is C37H63NO30. The molecule has 31 heteroatoms. The van der Waals surface area contributed by atoms with E-state index in [9.17, 15) is 107 Å².